The fourth-order valence-electron chi connectivity index (χ4n) is 4.72. The third-order valence-corrected chi connectivity index (χ3v) is 6.81. The first-order valence-electron chi connectivity index (χ1n) is 12.9. The normalized spacial score (nSPS) is 11.5. The van der Waals surface area contributed by atoms with Gasteiger partial charge in [-0.25, -0.2) is 9.18 Å². The van der Waals surface area contributed by atoms with E-state index in [-0.39, 0.29) is 5.58 Å². The van der Waals surface area contributed by atoms with Crippen LogP contribution in [-0.2, 0) is 12.8 Å². The van der Waals surface area contributed by atoms with Gasteiger partial charge in [-0.3, -0.25) is 0 Å². The van der Waals surface area contributed by atoms with Crippen LogP contribution >= 0.6 is 0 Å². The Labute approximate surface area is 201 Å². The van der Waals surface area contributed by atoms with Crippen molar-refractivity contribution in [1.82, 2.24) is 0 Å². The van der Waals surface area contributed by atoms with Crippen molar-refractivity contribution < 1.29 is 8.81 Å². The zero-order valence-corrected chi connectivity index (χ0v) is 20.5. The number of fused-ring (bicyclic) bond motifs is 3. The lowest BCUT2D eigenvalue weighted by Crippen LogP contribution is -2.03. The molecular formula is C31H35FO2. The van der Waals surface area contributed by atoms with Gasteiger partial charge >= 0.3 is 5.63 Å². The molecule has 0 aliphatic heterocycles. The van der Waals surface area contributed by atoms with E-state index >= 15 is 4.39 Å². The quantitative estimate of drug-likeness (QED) is 0.127. The first kappa shape index (κ1) is 24.2. The van der Waals surface area contributed by atoms with Gasteiger partial charge in [0.25, 0.3) is 0 Å². The van der Waals surface area contributed by atoms with Crippen LogP contribution in [0.2, 0.25) is 0 Å². The van der Waals surface area contributed by atoms with E-state index in [1.807, 2.05) is 30.3 Å². The van der Waals surface area contributed by atoms with Crippen LogP contribution in [0.3, 0.4) is 0 Å². The van der Waals surface area contributed by atoms with Crippen LogP contribution in [0, 0.1) is 5.82 Å². The molecule has 34 heavy (non-hydrogen) atoms. The summed E-state index contributed by atoms with van der Waals surface area (Å²) in [7, 11) is 0. The van der Waals surface area contributed by atoms with Crippen LogP contribution in [0.4, 0.5) is 4.39 Å². The molecule has 0 saturated carbocycles. The van der Waals surface area contributed by atoms with Crippen LogP contribution in [0.1, 0.15) is 76.3 Å². The van der Waals surface area contributed by atoms with Crippen molar-refractivity contribution in [3.8, 4) is 11.1 Å². The van der Waals surface area contributed by atoms with Gasteiger partial charge in [-0.2, -0.15) is 0 Å². The minimum atomic E-state index is -0.487. The van der Waals surface area contributed by atoms with Crippen LogP contribution in [0.25, 0.3) is 32.9 Å². The van der Waals surface area contributed by atoms with Gasteiger partial charge in [-0.15, -0.1) is 0 Å². The number of hydrogen-bond donors (Lipinski definition) is 0. The zero-order chi connectivity index (χ0) is 23.9. The Morgan fingerprint density at radius 3 is 2.12 bits per heavy atom. The van der Waals surface area contributed by atoms with Crippen LogP contribution in [0.5, 0.6) is 0 Å². The highest BCUT2D eigenvalue weighted by Crippen LogP contribution is 2.30. The first-order chi connectivity index (χ1) is 16.6. The molecule has 1 aromatic heterocycles. The standard InChI is InChI=1S/C31H35FO2/c1-3-5-7-8-9-10-12-24-17-20-27-26-19-18-25(21-28(26)31(33)34-30(27)29(24)32)23-15-13-22(14-16-23)11-6-4-2/h13-21H,3-12H2,1-2H3. The van der Waals surface area contributed by atoms with Crippen molar-refractivity contribution in [2.45, 2.75) is 78.1 Å². The van der Waals surface area contributed by atoms with E-state index in [0.717, 1.165) is 35.8 Å². The first-order valence-corrected chi connectivity index (χ1v) is 12.9. The molecule has 0 amide bonds. The van der Waals surface area contributed by atoms with Gasteiger partial charge < -0.3 is 4.42 Å². The Morgan fingerprint density at radius 2 is 1.35 bits per heavy atom. The van der Waals surface area contributed by atoms with Crippen molar-refractivity contribution in [2.24, 2.45) is 0 Å². The Morgan fingerprint density at radius 1 is 0.676 bits per heavy atom. The molecule has 0 fully saturated rings. The monoisotopic (exact) mass is 458 g/mol. The molecule has 0 bridgehead atoms. The van der Waals surface area contributed by atoms with Crippen LogP contribution < -0.4 is 5.63 Å². The molecule has 178 valence electrons. The van der Waals surface area contributed by atoms with E-state index in [0.29, 0.717) is 22.8 Å². The minimum absolute atomic E-state index is 0.0778. The summed E-state index contributed by atoms with van der Waals surface area (Å²) in [5, 5.41) is 1.88. The molecule has 3 heteroatoms. The van der Waals surface area contributed by atoms with Crippen molar-refractivity contribution in [3.05, 3.63) is 82.0 Å². The van der Waals surface area contributed by atoms with Crippen molar-refractivity contribution >= 4 is 21.7 Å². The molecule has 0 atom stereocenters. The Balaban J connectivity index is 1.60. The van der Waals surface area contributed by atoms with Crippen molar-refractivity contribution in [3.63, 3.8) is 0 Å². The second-order valence-corrected chi connectivity index (χ2v) is 9.38. The van der Waals surface area contributed by atoms with E-state index < -0.39 is 11.4 Å². The summed E-state index contributed by atoms with van der Waals surface area (Å²) in [5.74, 6) is -0.392. The smallest absolute Gasteiger partial charge is 0.344 e. The highest BCUT2D eigenvalue weighted by Gasteiger charge is 2.15. The minimum Gasteiger partial charge on any atom is -0.419 e. The van der Waals surface area contributed by atoms with Gasteiger partial charge in [0.15, 0.2) is 11.4 Å². The summed E-state index contributed by atoms with van der Waals surface area (Å²) in [6, 6.07) is 18.0. The third-order valence-electron chi connectivity index (χ3n) is 6.81. The summed E-state index contributed by atoms with van der Waals surface area (Å²) < 4.78 is 20.8. The maximum atomic E-state index is 15.2. The lowest BCUT2D eigenvalue weighted by atomic mass is 9.97. The van der Waals surface area contributed by atoms with Gasteiger partial charge in [0, 0.05) is 10.8 Å². The molecule has 0 spiro atoms. The summed E-state index contributed by atoms with van der Waals surface area (Å²) >= 11 is 0. The fraction of sp³-hybridized carbons (Fsp3) is 0.387. The topological polar surface area (TPSA) is 30.2 Å². The molecule has 0 radical (unpaired) electrons. The van der Waals surface area contributed by atoms with E-state index in [1.165, 1.54) is 44.1 Å². The Kier molecular flexibility index (Phi) is 8.16. The van der Waals surface area contributed by atoms with Gasteiger partial charge in [0.2, 0.25) is 0 Å². The van der Waals surface area contributed by atoms with Crippen molar-refractivity contribution in [2.75, 3.05) is 0 Å². The third kappa shape index (κ3) is 5.41. The Bertz CT molecular complexity index is 1300. The summed E-state index contributed by atoms with van der Waals surface area (Å²) in [5.41, 5.74) is 3.56. The molecule has 3 aromatic carbocycles. The van der Waals surface area contributed by atoms with Gasteiger partial charge in [0.1, 0.15) is 0 Å². The number of aryl methyl sites for hydroxylation is 2. The molecule has 4 rings (SSSR count). The molecule has 0 unspecified atom stereocenters. The molecule has 0 saturated heterocycles. The average molecular weight is 459 g/mol. The number of hydrogen-bond acceptors (Lipinski definition) is 2. The Hall–Kier alpha value is -2.94. The second-order valence-electron chi connectivity index (χ2n) is 9.38. The van der Waals surface area contributed by atoms with E-state index in [9.17, 15) is 4.79 Å². The highest BCUT2D eigenvalue weighted by molar-refractivity contribution is 6.05. The molecule has 0 N–H and O–H groups in total. The highest BCUT2D eigenvalue weighted by atomic mass is 19.1. The second kappa shape index (κ2) is 11.5. The maximum absolute atomic E-state index is 15.2. The molecule has 0 aliphatic rings. The molecule has 0 aliphatic carbocycles. The summed E-state index contributed by atoms with van der Waals surface area (Å²) in [6.45, 7) is 4.40. The number of rotatable bonds is 11. The molecule has 2 nitrogen and oxygen atoms in total. The maximum Gasteiger partial charge on any atom is 0.344 e. The van der Waals surface area contributed by atoms with Crippen molar-refractivity contribution in [1.29, 1.82) is 0 Å². The zero-order valence-electron chi connectivity index (χ0n) is 20.5. The van der Waals surface area contributed by atoms with E-state index in [1.54, 1.807) is 0 Å². The summed E-state index contributed by atoms with van der Waals surface area (Å²) in [4.78, 5) is 12.8. The predicted molar refractivity (Wildman–Crippen MR) is 141 cm³/mol. The summed E-state index contributed by atoms with van der Waals surface area (Å²) in [6.07, 6.45) is 11.1. The SMILES string of the molecule is CCCCCCCCc1ccc2c(oc(=O)c3cc(-c4ccc(CCCC)cc4)ccc32)c1F. The van der Waals surface area contributed by atoms with Gasteiger partial charge in [0.05, 0.1) is 5.39 Å². The number of unbranched alkanes of at least 4 members (excludes halogenated alkanes) is 6. The fourth-order valence-corrected chi connectivity index (χ4v) is 4.72. The van der Waals surface area contributed by atoms with Crippen LogP contribution in [-0.4, -0.2) is 0 Å². The molecule has 1 heterocycles. The molecular weight excluding hydrogens is 423 g/mol. The van der Waals surface area contributed by atoms with Gasteiger partial charge in [-0.1, -0.05) is 101 Å². The number of benzene rings is 3. The van der Waals surface area contributed by atoms with Crippen LogP contribution in [0.15, 0.2) is 63.8 Å². The molecule has 4 aromatic rings. The largest absolute Gasteiger partial charge is 0.419 e. The van der Waals surface area contributed by atoms with E-state index in [2.05, 4.69) is 38.1 Å². The number of halogens is 1. The van der Waals surface area contributed by atoms with E-state index in [4.69, 9.17) is 4.42 Å². The lowest BCUT2D eigenvalue weighted by molar-refractivity contribution is 0.521. The van der Waals surface area contributed by atoms with Gasteiger partial charge in [-0.05, 0) is 54.0 Å². The average Bonchev–Trinajstić information content (AvgIpc) is 2.86. The lowest BCUT2D eigenvalue weighted by Gasteiger charge is -2.10. The predicted octanol–water partition coefficient (Wildman–Crippen LogP) is 9.00.